The molecule has 2 aliphatic rings. The van der Waals surface area contributed by atoms with Gasteiger partial charge in [-0.3, -0.25) is 11.3 Å². The lowest BCUT2D eigenvalue weighted by molar-refractivity contribution is -0.191. The molecule has 11 heteroatoms. The minimum atomic E-state index is 0. The van der Waals surface area contributed by atoms with Gasteiger partial charge in [0.15, 0.2) is 0 Å². The molecular formula is C21H31ClN8O2. The lowest BCUT2D eigenvalue weighted by Gasteiger charge is -2.10. The Morgan fingerprint density at radius 1 is 1.16 bits per heavy atom. The molecule has 0 unspecified atom stereocenters. The minimum absolute atomic E-state index is 0. The molecule has 0 atom stereocenters. The van der Waals surface area contributed by atoms with Crippen LogP contribution in [0.4, 0.5) is 5.82 Å². The molecular weight excluding hydrogens is 432 g/mol. The zero-order valence-corrected chi connectivity index (χ0v) is 19.1. The number of anilines is 1. The summed E-state index contributed by atoms with van der Waals surface area (Å²) in [5.74, 6) is 5.71. The quantitative estimate of drug-likeness (QED) is 0.344. The van der Waals surface area contributed by atoms with Crippen LogP contribution in [-0.2, 0) is 9.59 Å². The average molecular weight is 463 g/mol. The summed E-state index contributed by atoms with van der Waals surface area (Å²) < 4.78 is 1.80. The van der Waals surface area contributed by atoms with Gasteiger partial charge in [-0.25, -0.2) is 4.68 Å². The maximum Gasteiger partial charge on any atom is 0.373 e. The van der Waals surface area contributed by atoms with E-state index in [0.717, 1.165) is 19.3 Å². The molecule has 2 saturated carbocycles. The molecule has 10 nitrogen and oxygen atoms in total. The molecule has 3 rings (SSSR count). The Hall–Kier alpha value is -3.19. The van der Waals surface area contributed by atoms with Gasteiger partial charge < -0.3 is 5.73 Å². The molecule has 1 aromatic rings. The first-order chi connectivity index (χ1) is 15.0. The number of allylic oxidation sites excluding steroid dienone is 2. The normalized spacial score (nSPS) is 14.1. The van der Waals surface area contributed by atoms with Gasteiger partial charge in [0.1, 0.15) is 35.2 Å². The molecule has 0 radical (unpaired) electrons. The summed E-state index contributed by atoms with van der Waals surface area (Å²) >= 11 is 0. The van der Waals surface area contributed by atoms with Crippen LogP contribution in [0.5, 0.6) is 0 Å². The SMILES string of the molecule is CCC=C(C#N)C#N.Cl.N#Cc1cnn(C2CCCC2)c1N.NNC1CCCC1.O=C=O. The molecule has 1 heterocycles. The van der Waals surface area contributed by atoms with E-state index in [-0.39, 0.29) is 24.1 Å². The fourth-order valence-electron chi connectivity index (χ4n) is 3.31. The molecule has 0 bridgehead atoms. The first kappa shape index (κ1) is 31.0. The van der Waals surface area contributed by atoms with Crippen LogP contribution in [0.25, 0.3) is 0 Å². The average Bonchev–Trinajstić information content (AvgIpc) is 3.55. The van der Waals surface area contributed by atoms with Crippen LogP contribution < -0.4 is 17.0 Å². The topological polar surface area (TPSA) is 187 Å². The van der Waals surface area contributed by atoms with Crippen LogP contribution in [0, 0.1) is 34.0 Å². The Morgan fingerprint density at radius 2 is 1.66 bits per heavy atom. The summed E-state index contributed by atoms with van der Waals surface area (Å²) in [4.78, 5) is 16.2. The van der Waals surface area contributed by atoms with Crippen molar-refractivity contribution in [2.75, 3.05) is 5.73 Å². The summed E-state index contributed by atoms with van der Waals surface area (Å²) in [5, 5.41) is 29.1. The number of halogens is 1. The highest BCUT2D eigenvalue weighted by atomic mass is 35.5. The Morgan fingerprint density at radius 3 is 1.97 bits per heavy atom. The van der Waals surface area contributed by atoms with E-state index in [4.69, 9.17) is 37.0 Å². The van der Waals surface area contributed by atoms with Gasteiger partial charge in [0.25, 0.3) is 0 Å². The van der Waals surface area contributed by atoms with Gasteiger partial charge in [0, 0.05) is 6.04 Å². The van der Waals surface area contributed by atoms with Crippen molar-refractivity contribution in [3.05, 3.63) is 23.4 Å². The zero-order chi connectivity index (χ0) is 23.5. The van der Waals surface area contributed by atoms with E-state index in [9.17, 15) is 0 Å². The first-order valence-electron chi connectivity index (χ1n) is 10.2. The number of nitriles is 3. The summed E-state index contributed by atoms with van der Waals surface area (Å²) in [5.41, 5.74) is 9.23. The maximum absolute atomic E-state index is 8.69. The van der Waals surface area contributed by atoms with E-state index in [1.54, 1.807) is 29.1 Å². The third-order valence-corrected chi connectivity index (χ3v) is 4.87. The molecule has 0 spiro atoms. The van der Waals surface area contributed by atoms with Gasteiger partial charge in [-0.15, -0.1) is 12.4 Å². The van der Waals surface area contributed by atoms with Crippen LogP contribution in [0.1, 0.15) is 76.3 Å². The van der Waals surface area contributed by atoms with Gasteiger partial charge in [-0.05, 0) is 32.1 Å². The lowest BCUT2D eigenvalue weighted by Crippen LogP contribution is -2.32. The smallest absolute Gasteiger partial charge is 0.373 e. The minimum Gasteiger partial charge on any atom is -0.383 e. The van der Waals surface area contributed by atoms with E-state index in [0.29, 0.717) is 23.5 Å². The van der Waals surface area contributed by atoms with Crippen molar-refractivity contribution in [3.8, 4) is 18.2 Å². The Kier molecular flexibility index (Phi) is 19.1. The maximum atomic E-state index is 8.69. The molecule has 2 aliphatic carbocycles. The summed E-state index contributed by atoms with van der Waals surface area (Å²) in [6.07, 6.45) is 14.2. The molecule has 32 heavy (non-hydrogen) atoms. The van der Waals surface area contributed by atoms with Gasteiger partial charge >= 0.3 is 6.15 Å². The molecule has 0 aliphatic heterocycles. The number of hydrazine groups is 1. The molecule has 1 aromatic heterocycles. The predicted octanol–water partition coefficient (Wildman–Crippen LogP) is 3.05. The van der Waals surface area contributed by atoms with Gasteiger partial charge in [0.2, 0.25) is 0 Å². The number of nitrogens with two attached hydrogens (primary N) is 2. The van der Waals surface area contributed by atoms with Crippen molar-refractivity contribution >= 4 is 24.4 Å². The summed E-state index contributed by atoms with van der Waals surface area (Å²) in [6.45, 7) is 1.88. The predicted molar refractivity (Wildman–Crippen MR) is 120 cm³/mol. The standard InChI is InChI=1S/C9H12N4.C6H6N2.C5H12N2.CO2.ClH/c10-5-7-6-12-13(9(7)11)8-3-1-2-4-8;1-2-3-6(4-7)5-8;6-7-5-3-1-2-4-5;2-1-3;/h6,8H,1-4,11H2;3H,2H2,1H3;5,7H,1-4,6H2;;1H. The number of nitrogens with zero attached hydrogens (tertiary/aromatic N) is 5. The molecule has 5 N–H and O–H groups in total. The third-order valence-electron chi connectivity index (χ3n) is 4.87. The van der Waals surface area contributed by atoms with E-state index in [1.165, 1.54) is 38.5 Å². The van der Waals surface area contributed by atoms with Crippen molar-refractivity contribution in [2.45, 2.75) is 76.8 Å². The zero-order valence-electron chi connectivity index (χ0n) is 18.3. The van der Waals surface area contributed by atoms with E-state index in [2.05, 4.69) is 10.5 Å². The second-order valence-electron chi connectivity index (χ2n) is 6.92. The molecule has 0 aromatic carbocycles. The van der Waals surface area contributed by atoms with E-state index < -0.39 is 0 Å². The van der Waals surface area contributed by atoms with Crippen LogP contribution in [0.15, 0.2) is 17.8 Å². The Balaban J connectivity index is 0. The summed E-state index contributed by atoms with van der Waals surface area (Å²) in [6, 6.07) is 6.58. The highest BCUT2D eigenvalue weighted by Gasteiger charge is 2.20. The Labute approximate surface area is 195 Å². The molecule has 2 fully saturated rings. The van der Waals surface area contributed by atoms with E-state index in [1.807, 2.05) is 13.0 Å². The summed E-state index contributed by atoms with van der Waals surface area (Å²) in [7, 11) is 0. The molecule has 174 valence electrons. The van der Waals surface area contributed by atoms with Crippen LogP contribution in [-0.4, -0.2) is 22.0 Å². The number of nitrogen functional groups attached to an aromatic ring is 1. The Bertz CT molecular complexity index is 813. The third kappa shape index (κ3) is 11.9. The van der Waals surface area contributed by atoms with E-state index >= 15 is 0 Å². The second-order valence-corrected chi connectivity index (χ2v) is 6.92. The number of hydrogen-bond donors (Lipinski definition) is 3. The highest BCUT2D eigenvalue weighted by molar-refractivity contribution is 5.85. The number of carbonyl (C=O) groups excluding carboxylic acids is 2. The van der Waals surface area contributed by atoms with Crippen molar-refractivity contribution in [3.63, 3.8) is 0 Å². The molecule has 0 saturated heterocycles. The largest absolute Gasteiger partial charge is 0.383 e. The van der Waals surface area contributed by atoms with Gasteiger partial charge in [-0.1, -0.05) is 38.7 Å². The van der Waals surface area contributed by atoms with Crippen LogP contribution in [0.3, 0.4) is 0 Å². The van der Waals surface area contributed by atoms with Crippen molar-refractivity contribution < 1.29 is 9.59 Å². The highest BCUT2D eigenvalue weighted by Crippen LogP contribution is 2.31. The number of hydrogen-bond acceptors (Lipinski definition) is 9. The van der Waals surface area contributed by atoms with Crippen LogP contribution in [0.2, 0.25) is 0 Å². The fraction of sp³-hybridized carbons (Fsp3) is 0.571. The van der Waals surface area contributed by atoms with Crippen molar-refractivity contribution in [1.82, 2.24) is 15.2 Å². The fourth-order valence-corrected chi connectivity index (χ4v) is 3.31. The van der Waals surface area contributed by atoms with Crippen LogP contribution >= 0.6 is 12.4 Å². The second kappa shape index (κ2) is 19.8. The van der Waals surface area contributed by atoms with Gasteiger partial charge in [0.05, 0.1) is 12.2 Å². The number of rotatable bonds is 3. The van der Waals surface area contributed by atoms with Crippen molar-refractivity contribution in [1.29, 1.82) is 15.8 Å². The molecule has 0 amide bonds. The monoisotopic (exact) mass is 462 g/mol. The number of aromatic nitrogens is 2. The lowest BCUT2D eigenvalue weighted by atomic mass is 10.2. The van der Waals surface area contributed by atoms with Gasteiger partial charge in [-0.2, -0.15) is 30.5 Å². The first-order valence-corrected chi connectivity index (χ1v) is 10.2. The number of nitrogens with one attached hydrogen (secondary N) is 1. The van der Waals surface area contributed by atoms with Crippen molar-refractivity contribution in [2.24, 2.45) is 5.84 Å².